The van der Waals surface area contributed by atoms with E-state index < -0.39 is 0 Å². The van der Waals surface area contributed by atoms with Gasteiger partial charge < -0.3 is 19.7 Å². The molecule has 0 aromatic carbocycles. The normalized spacial score (nSPS) is 28.3. The summed E-state index contributed by atoms with van der Waals surface area (Å²) in [7, 11) is 0. The zero-order valence-electron chi connectivity index (χ0n) is 12.2. The summed E-state index contributed by atoms with van der Waals surface area (Å²) in [5, 5.41) is 13.4. The van der Waals surface area contributed by atoms with E-state index >= 15 is 0 Å². The average Bonchev–Trinajstić information content (AvgIpc) is 3.16. The third-order valence-corrected chi connectivity index (χ3v) is 4.83. The van der Waals surface area contributed by atoms with Crippen molar-refractivity contribution in [3.63, 3.8) is 0 Å². The maximum absolute atomic E-state index is 10.1. The van der Waals surface area contributed by atoms with Crippen molar-refractivity contribution >= 4 is 17.3 Å². The highest BCUT2D eigenvalue weighted by Crippen LogP contribution is 2.40. The quantitative estimate of drug-likeness (QED) is 0.892. The van der Waals surface area contributed by atoms with Crippen molar-refractivity contribution in [3.05, 3.63) is 18.6 Å². The monoisotopic (exact) mass is 287 g/mol. The number of aliphatic hydroxyl groups excluding tert-OH is 1. The molecule has 2 aliphatic rings. The van der Waals surface area contributed by atoms with Crippen LogP contribution in [0.4, 0.5) is 11.6 Å². The van der Waals surface area contributed by atoms with Gasteiger partial charge in [-0.2, -0.15) is 0 Å². The highest BCUT2D eigenvalue weighted by molar-refractivity contribution is 5.67. The summed E-state index contributed by atoms with van der Waals surface area (Å²) in [6, 6.07) is 0. The minimum Gasteiger partial charge on any atom is -0.393 e. The largest absolute Gasteiger partial charge is 0.393 e. The molecule has 3 atom stereocenters. The number of hydrogen-bond acceptors (Lipinski definition) is 5. The van der Waals surface area contributed by atoms with E-state index in [0.717, 1.165) is 49.8 Å². The Balaban J connectivity index is 1.71. The van der Waals surface area contributed by atoms with Crippen LogP contribution < -0.4 is 10.2 Å². The van der Waals surface area contributed by atoms with Crippen molar-refractivity contribution < 1.29 is 5.11 Å². The summed E-state index contributed by atoms with van der Waals surface area (Å²) in [6.45, 7) is 4.77. The van der Waals surface area contributed by atoms with Crippen molar-refractivity contribution in [2.45, 2.75) is 25.9 Å². The first-order valence-electron chi connectivity index (χ1n) is 7.77. The van der Waals surface area contributed by atoms with Crippen LogP contribution in [0.1, 0.15) is 19.8 Å². The summed E-state index contributed by atoms with van der Waals surface area (Å²) >= 11 is 0. The number of nitrogens with zero attached hydrogens (tertiary/aromatic N) is 4. The molecule has 1 aliphatic carbocycles. The van der Waals surface area contributed by atoms with Crippen LogP contribution in [0.15, 0.2) is 18.6 Å². The molecule has 2 aromatic rings. The lowest BCUT2D eigenvalue weighted by molar-refractivity contribution is 0.133. The number of fused-ring (bicyclic) bond motifs is 2. The van der Waals surface area contributed by atoms with E-state index in [0.29, 0.717) is 11.8 Å². The molecule has 21 heavy (non-hydrogen) atoms. The zero-order chi connectivity index (χ0) is 14.4. The Labute approximate surface area is 123 Å². The molecular weight excluding hydrogens is 266 g/mol. The Hall–Kier alpha value is -1.82. The number of hydrogen-bond donors (Lipinski definition) is 2. The van der Waals surface area contributed by atoms with Crippen molar-refractivity contribution in [2.24, 2.45) is 11.8 Å². The van der Waals surface area contributed by atoms with Crippen LogP contribution in [0.25, 0.3) is 5.65 Å². The Kier molecular flexibility index (Phi) is 2.99. The molecule has 0 radical (unpaired) electrons. The molecule has 0 amide bonds. The summed E-state index contributed by atoms with van der Waals surface area (Å²) < 4.78 is 2.02. The van der Waals surface area contributed by atoms with Gasteiger partial charge in [0.15, 0.2) is 11.5 Å². The van der Waals surface area contributed by atoms with Gasteiger partial charge >= 0.3 is 0 Å². The Bertz CT molecular complexity index is 655. The summed E-state index contributed by atoms with van der Waals surface area (Å²) in [4.78, 5) is 11.5. The SMILES string of the molecule is CCNc1cn2ccnc2c(N2CC3CCC(O)C3C2)n1. The summed E-state index contributed by atoms with van der Waals surface area (Å²) in [5.41, 5.74) is 0.895. The van der Waals surface area contributed by atoms with Gasteiger partial charge in [-0.05, 0) is 25.7 Å². The summed E-state index contributed by atoms with van der Waals surface area (Å²) in [6.07, 6.45) is 7.66. The first-order valence-corrected chi connectivity index (χ1v) is 7.77. The highest BCUT2D eigenvalue weighted by atomic mass is 16.3. The molecule has 4 rings (SSSR count). The molecule has 2 aromatic heterocycles. The third-order valence-electron chi connectivity index (χ3n) is 4.83. The molecule has 1 aliphatic heterocycles. The number of imidazole rings is 1. The van der Waals surface area contributed by atoms with Gasteiger partial charge in [-0.25, -0.2) is 9.97 Å². The standard InChI is InChI=1S/C15H21N5O/c1-2-16-13-9-19-6-5-17-14(19)15(18-13)20-7-10-3-4-12(21)11(10)8-20/h5-6,9-12,16,21H,2-4,7-8H2,1H3. The molecule has 2 N–H and O–H groups in total. The molecule has 1 saturated carbocycles. The second-order valence-electron chi connectivity index (χ2n) is 6.11. The van der Waals surface area contributed by atoms with E-state index in [2.05, 4.69) is 22.1 Å². The lowest BCUT2D eigenvalue weighted by Gasteiger charge is -2.20. The molecule has 2 fully saturated rings. The van der Waals surface area contributed by atoms with E-state index in [4.69, 9.17) is 4.98 Å². The molecule has 112 valence electrons. The third kappa shape index (κ3) is 2.05. The van der Waals surface area contributed by atoms with E-state index in [9.17, 15) is 5.11 Å². The zero-order valence-corrected chi connectivity index (χ0v) is 12.2. The average molecular weight is 287 g/mol. The molecule has 3 unspecified atom stereocenters. The summed E-state index contributed by atoms with van der Waals surface area (Å²) in [5.74, 6) is 2.79. The number of anilines is 2. The molecule has 6 heteroatoms. The van der Waals surface area contributed by atoms with Crippen LogP contribution in [-0.2, 0) is 0 Å². The van der Waals surface area contributed by atoms with Crippen LogP contribution in [0.2, 0.25) is 0 Å². The number of aromatic nitrogens is 3. The predicted molar refractivity (Wildman–Crippen MR) is 81.6 cm³/mol. The van der Waals surface area contributed by atoms with Gasteiger partial charge in [-0.1, -0.05) is 0 Å². The van der Waals surface area contributed by atoms with E-state index in [1.165, 1.54) is 0 Å². The fourth-order valence-electron chi connectivity index (χ4n) is 3.80. The van der Waals surface area contributed by atoms with Gasteiger partial charge in [0.1, 0.15) is 5.82 Å². The molecular formula is C15H21N5O. The van der Waals surface area contributed by atoms with E-state index in [-0.39, 0.29) is 6.10 Å². The predicted octanol–water partition coefficient (Wildman–Crippen LogP) is 1.37. The molecule has 1 saturated heterocycles. The second kappa shape index (κ2) is 4.87. The highest BCUT2D eigenvalue weighted by Gasteiger charge is 2.42. The first-order chi connectivity index (χ1) is 10.3. The number of rotatable bonds is 3. The van der Waals surface area contributed by atoms with Crippen molar-refractivity contribution in [1.82, 2.24) is 14.4 Å². The number of aliphatic hydroxyl groups is 1. The number of nitrogens with one attached hydrogen (secondary N) is 1. The second-order valence-corrected chi connectivity index (χ2v) is 6.11. The fourth-order valence-corrected chi connectivity index (χ4v) is 3.80. The molecule has 0 bridgehead atoms. The fraction of sp³-hybridized carbons (Fsp3) is 0.600. The first kappa shape index (κ1) is 12.9. The Morgan fingerprint density at radius 2 is 2.29 bits per heavy atom. The lowest BCUT2D eigenvalue weighted by Crippen LogP contribution is -2.26. The van der Waals surface area contributed by atoms with E-state index in [1.807, 2.05) is 23.0 Å². The van der Waals surface area contributed by atoms with Gasteiger partial charge in [0.25, 0.3) is 0 Å². The maximum Gasteiger partial charge on any atom is 0.180 e. The maximum atomic E-state index is 10.1. The van der Waals surface area contributed by atoms with Gasteiger partial charge in [0.05, 0.1) is 12.3 Å². The Morgan fingerprint density at radius 1 is 1.38 bits per heavy atom. The van der Waals surface area contributed by atoms with Crippen LogP contribution in [-0.4, -0.2) is 45.2 Å². The minimum atomic E-state index is -0.146. The van der Waals surface area contributed by atoms with Crippen LogP contribution in [0.5, 0.6) is 0 Å². The van der Waals surface area contributed by atoms with Crippen LogP contribution in [0, 0.1) is 11.8 Å². The van der Waals surface area contributed by atoms with Gasteiger partial charge in [-0.3, -0.25) is 0 Å². The van der Waals surface area contributed by atoms with Gasteiger partial charge in [0, 0.05) is 37.9 Å². The minimum absolute atomic E-state index is 0.146. The van der Waals surface area contributed by atoms with Gasteiger partial charge in [-0.15, -0.1) is 0 Å². The molecule has 6 nitrogen and oxygen atoms in total. The lowest BCUT2D eigenvalue weighted by atomic mass is 10.00. The topological polar surface area (TPSA) is 65.7 Å². The van der Waals surface area contributed by atoms with Crippen LogP contribution in [0.3, 0.4) is 0 Å². The molecule has 3 heterocycles. The Morgan fingerprint density at radius 3 is 3.10 bits per heavy atom. The van der Waals surface area contributed by atoms with Crippen molar-refractivity contribution in [2.75, 3.05) is 29.9 Å². The van der Waals surface area contributed by atoms with Gasteiger partial charge in [0.2, 0.25) is 0 Å². The van der Waals surface area contributed by atoms with Crippen molar-refractivity contribution in [3.8, 4) is 0 Å². The van der Waals surface area contributed by atoms with Crippen LogP contribution >= 0.6 is 0 Å². The molecule has 0 spiro atoms. The smallest absolute Gasteiger partial charge is 0.180 e. The van der Waals surface area contributed by atoms with Crippen molar-refractivity contribution in [1.29, 1.82) is 0 Å². The van der Waals surface area contributed by atoms with E-state index in [1.54, 1.807) is 0 Å².